The Hall–Kier alpha value is -0.710. The number of nitrogens with one attached hydrogen (secondary N) is 1. The van der Waals surface area contributed by atoms with Gasteiger partial charge in [-0.25, -0.2) is 0 Å². The summed E-state index contributed by atoms with van der Waals surface area (Å²) in [6, 6.07) is 9.17. The number of halogens is 1. The first-order chi connectivity index (χ1) is 11.2. The van der Waals surface area contributed by atoms with Crippen molar-refractivity contribution in [2.45, 2.75) is 44.4 Å². The molecule has 1 aliphatic heterocycles. The molecule has 1 saturated carbocycles. The standard InChI is InChI=1S/C19H28N2OS.ClH/c1-15-3-2-4-17(11-15)13-23-14-19(22)21-9-7-18(8-10-21)20-12-16-5-6-16;/h2-4,11,16,18,20H,5-10,12-14H2,1H3;1H. The number of likely N-dealkylation sites (tertiary alicyclic amines) is 1. The number of hydrogen-bond donors (Lipinski definition) is 1. The van der Waals surface area contributed by atoms with E-state index in [1.54, 1.807) is 11.8 Å². The normalized spacial score (nSPS) is 18.3. The summed E-state index contributed by atoms with van der Waals surface area (Å²) in [6.07, 6.45) is 5.03. The number of piperidine rings is 1. The molecule has 134 valence electrons. The molecule has 0 unspecified atom stereocenters. The minimum absolute atomic E-state index is 0. The van der Waals surface area contributed by atoms with Crippen LogP contribution in [0.5, 0.6) is 0 Å². The predicted molar refractivity (Wildman–Crippen MR) is 105 cm³/mol. The van der Waals surface area contributed by atoms with Gasteiger partial charge in [-0.15, -0.1) is 24.2 Å². The fourth-order valence-electron chi connectivity index (χ4n) is 3.14. The van der Waals surface area contributed by atoms with Crippen molar-refractivity contribution in [2.24, 2.45) is 5.92 Å². The van der Waals surface area contributed by atoms with E-state index < -0.39 is 0 Å². The monoisotopic (exact) mass is 368 g/mol. The summed E-state index contributed by atoms with van der Waals surface area (Å²) in [7, 11) is 0. The molecule has 0 spiro atoms. The highest BCUT2D eigenvalue weighted by Crippen LogP contribution is 2.28. The summed E-state index contributed by atoms with van der Waals surface area (Å²) in [5.41, 5.74) is 2.60. The molecule has 3 rings (SSSR count). The maximum absolute atomic E-state index is 12.3. The molecule has 1 aliphatic carbocycles. The van der Waals surface area contributed by atoms with Crippen molar-refractivity contribution in [1.82, 2.24) is 10.2 Å². The van der Waals surface area contributed by atoms with E-state index in [0.717, 1.165) is 37.6 Å². The van der Waals surface area contributed by atoms with E-state index in [1.807, 2.05) is 0 Å². The first-order valence-electron chi connectivity index (χ1n) is 8.85. The summed E-state index contributed by atoms with van der Waals surface area (Å²) >= 11 is 1.73. The fourth-order valence-corrected chi connectivity index (χ4v) is 4.01. The summed E-state index contributed by atoms with van der Waals surface area (Å²) < 4.78 is 0. The largest absolute Gasteiger partial charge is 0.342 e. The fraction of sp³-hybridized carbons (Fsp3) is 0.632. The number of hydrogen-bond acceptors (Lipinski definition) is 3. The molecule has 24 heavy (non-hydrogen) atoms. The highest BCUT2D eigenvalue weighted by atomic mass is 35.5. The topological polar surface area (TPSA) is 32.3 Å². The van der Waals surface area contributed by atoms with Crippen LogP contribution in [0.2, 0.25) is 0 Å². The molecule has 5 heteroatoms. The van der Waals surface area contributed by atoms with Crippen molar-refractivity contribution in [1.29, 1.82) is 0 Å². The van der Waals surface area contributed by atoms with Crippen molar-refractivity contribution in [3.8, 4) is 0 Å². The second-order valence-electron chi connectivity index (χ2n) is 6.99. The van der Waals surface area contributed by atoms with Crippen LogP contribution in [-0.4, -0.2) is 42.2 Å². The number of thioether (sulfide) groups is 1. The summed E-state index contributed by atoms with van der Waals surface area (Å²) in [5, 5.41) is 3.67. The molecule has 0 atom stereocenters. The lowest BCUT2D eigenvalue weighted by molar-refractivity contribution is -0.129. The SMILES string of the molecule is Cc1cccc(CSCC(=O)N2CCC(NCC3CC3)CC2)c1.Cl. The van der Waals surface area contributed by atoms with Crippen LogP contribution in [0.1, 0.15) is 36.8 Å². The van der Waals surface area contributed by atoms with Gasteiger partial charge in [-0.1, -0.05) is 29.8 Å². The van der Waals surface area contributed by atoms with E-state index in [-0.39, 0.29) is 12.4 Å². The number of rotatable bonds is 7. The molecule has 1 aromatic rings. The van der Waals surface area contributed by atoms with Crippen molar-refractivity contribution < 1.29 is 4.79 Å². The van der Waals surface area contributed by atoms with Crippen LogP contribution in [-0.2, 0) is 10.5 Å². The minimum Gasteiger partial charge on any atom is -0.342 e. The molecule has 0 radical (unpaired) electrons. The zero-order chi connectivity index (χ0) is 16.1. The second kappa shape index (κ2) is 9.69. The Morgan fingerprint density at radius 2 is 2.00 bits per heavy atom. The van der Waals surface area contributed by atoms with Gasteiger partial charge in [0.2, 0.25) is 5.91 Å². The molecule has 1 N–H and O–H groups in total. The maximum Gasteiger partial charge on any atom is 0.232 e. The molecule has 2 fully saturated rings. The van der Waals surface area contributed by atoms with Crippen LogP contribution in [0.15, 0.2) is 24.3 Å². The van der Waals surface area contributed by atoms with Gasteiger partial charge in [0.1, 0.15) is 0 Å². The third kappa shape index (κ3) is 6.30. The zero-order valence-electron chi connectivity index (χ0n) is 14.5. The smallest absolute Gasteiger partial charge is 0.232 e. The maximum atomic E-state index is 12.3. The van der Waals surface area contributed by atoms with E-state index in [1.165, 1.54) is 30.5 Å². The Morgan fingerprint density at radius 3 is 2.67 bits per heavy atom. The molecule has 0 aromatic heterocycles. The third-order valence-corrected chi connectivity index (χ3v) is 5.81. The highest BCUT2D eigenvalue weighted by molar-refractivity contribution is 7.99. The Balaban J connectivity index is 0.00000208. The molecule has 1 aromatic carbocycles. The lowest BCUT2D eigenvalue weighted by atomic mass is 10.0. The van der Waals surface area contributed by atoms with Crippen LogP contribution in [0.25, 0.3) is 0 Å². The molecular formula is C19H29ClN2OS. The Morgan fingerprint density at radius 1 is 1.25 bits per heavy atom. The Labute approximate surface area is 156 Å². The van der Waals surface area contributed by atoms with Gasteiger partial charge in [-0.3, -0.25) is 4.79 Å². The Bertz CT molecular complexity index is 528. The van der Waals surface area contributed by atoms with Gasteiger partial charge in [0.05, 0.1) is 5.75 Å². The molecule has 2 aliphatic rings. The molecule has 1 saturated heterocycles. The van der Waals surface area contributed by atoms with Gasteiger partial charge in [0, 0.05) is 24.9 Å². The van der Waals surface area contributed by atoms with Crippen LogP contribution in [0, 0.1) is 12.8 Å². The molecule has 1 amide bonds. The molecule has 1 heterocycles. The van der Waals surface area contributed by atoms with Gasteiger partial charge in [-0.2, -0.15) is 0 Å². The van der Waals surface area contributed by atoms with Crippen LogP contribution < -0.4 is 5.32 Å². The first kappa shape index (κ1) is 19.6. The van der Waals surface area contributed by atoms with Crippen molar-refractivity contribution in [3.63, 3.8) is 0 Å². The van der Waals surface area contributed by atoms with E-state index in [4.69, 9.17) is 0 Å². The highest BCUT2D eigenvalue weighted by Gasteiger charge is 2.25. The van der Waals surface area contributed by atoms with Gasteiger partial charge in [-0.05, 0) is 50.6 Å². The van der Waals surface area contributed by atoms with E-state index in [2.05, 4.69) is 41.4 Å². The first-order valence-corrected chi connectivity index (χ1v) is 10.0. The van der Waals surface area contributed by atoms with Crippen LogP contribution in [0.4, 0.5) is 0 Å². The van der Waals surface area contributed by atoms with Crippen LogP contribution >= 0.6 is 24.2 Å². The number of amides is 1. The Kier molecular flexibility index (Phi) is 7.92. The van der Waals surface area contributed by atoms with Crippen molar-refractivity contribution in [3.05, 3.63) is 35.4 Å². The quantitative estimate of drug-likeness (QED) is 0.797. The predicted octanol–water partition coefficient (Wildman–Crippen LogP) is 3.64. The zero-order valence-corrected chi connectivity index (χ0v) is 16.1. The lowest BCUT2D eigenvalue weighted by Gasteiger charge is -2.32. The summed E-state index contributed by atoms with van der Waals surface area (Å²) in [6.45, 7) is 5.14. The number of aryl methyl sites for hydroxylation is 1. The molecule has 3 nitrogen and oxygen atoms in total. The average molecular weight is 369 g/mol. The number of carbonyl (C=O) groups is 1. The summed E-state index contributed by atoms with van der Waals surface area (Å²) in [5.74, 6) is 2.77. The average Bonchev–Trinajstić information content (AvgIpc) is 3.38. The number of carbonyl (C=O) groups excluding carboxylic acids is 1. The van der Waals surface area contributed by atoms with Gasteiger partial charge < -0.3 is 10.2 Å². The number of benzene rings is 1. The van der Waals surface area contributed by atoms with Crippen molar-refractivity contribution in [2.75, 3.05) is 25.4 Å². The lowest BCUT2D eigenvalue weighted by Crippen LogP contribution is -2.45. The van der Waals surface area contributed by atoms with Gasteiger partial charge in [0.25, 0.3) is 0 Å². The van der Waals surface area contributed by atoms with Crippen molar-refractivity contribution >= 4 is 30.1 Å². The second-order valence-corrected chi connectivity index (χ2v) is 7.97. The van der Waals surface area contributed by atoms with E-state index in [0.29, 0.717) is 17.7 Å². The minimum atomic E-state index is 0. The van der Waals surface area contributed by atoms with Crippen LogP contribution in [0.3, 0.4) is 0 Å². The summed E-state index contributed by atoms with van der Waals surface area (Å²) in [4.78, 5) is 14.4. The number of nitrogens with zero attached hydrogens (tertiary/aromatic N) is 1. The van der Waals surface area contributed by atoms with Gasteiger partial charge in [0.15, 0.2) is 0 Å². The third-order valence-electron chi connectivity index (χ3n) is 4.82. The van der Waals surface area contributed by atoms with Gasteiger partial charge >= 0.3 is 0 Å². The molecule has 0 bridgehead atoms. The van der Waals surface area contributed by atoms with E-state index >= 15 is 0 Å². The molecular weight excluding hydrogens is 340 g/mol. The van der Waals surface area contributed by atoms with E-state index in [9.17, 15) is 4.79 Å².